The lowest BCUT2D eigenvalue weighted by molar-refractivity contribution is 0.205. The monoisotopic (exact) mass is 229 g/mol. The summed E-state index contributed by atoms with van der Waals surface area (Å²) in [5, 5.41) is 2.98. The topological polar surface area (TPSA) is 58.4 Å². The smallest absolute Gasteiger partial charge is 0.317 e. The van der Waals surface area contributed by atoms with Gasteiger partial charge in [-0.15, -0.1) is 0 Å². The quantitative estimate of drug-likeness (QED) is 0.713. The molecule has 0 spiro atoms. The van der Waals surface area contributed by atoms with Crippen LogP contribution in [0.4, 0.5) is 4.79 Å². The first-order chi connectivity index (χ1) is 7.06. The van der Waals surface area contributed by atoms with Gasteiger partial charge in [0.1, 0.15) is 0 Å². The van der Waals surface area contributed by atoms with Crippen molar-refractivity contribution in [2.45, 2.75) is 32.2 Å². The first-order valence-corrected chi connectivity index (χ1v) is 5.78. The molecule has 86 valence electrons. The molecule has 0 aliphatic heterocycles. The van der Waals surface area contributed by atoms with Crippen LogP contribution in [0.2, 0.25) is 0 Å². The minimum absolute atomic E-state index is 0.0364. The average Bonchev–Trinajstić information content (AvgIpc) is 2.64. The molecule has 2 amide bonds. The molecule has 4 nitrogen and oxygen atoms in total. The lowest BCUT2D eigenvalue weighted by Crippen LogP contribution is -2.46. The zero-order valence-corrected chi connectivity index (χ0v) is 10.1. The van der Waals surface area contributed by atoms with Gasteiger partial charge in [-0.3, -0.25) is 0 Å². The lowest BCUT2D eigenvalue weighted by Gasteiger charge is -2.23. The molecule has 0 saturated heterocycles. The van der Waals surface area contributed by atoms with E-state index in [1.54, 1.807) is 11.9 Å². The third-order valence-electron chi connectivity index (χ3n) is 3.01. The molecule has 1 fully saturated rings. The number of hydrogen-bond donors (Lipinski definition) is 2. The third-order valence-corrected chi connectivity index (χ3v) is 3.31. The Kier molecular flexibility index (Phi) is 4.32. The van der Waals surface area contributed by atoms with Crippen LogP contribution in [-0.2, 0) is 0 Å². The average molecular weight is 229 g/mol. The summed E-state index contributed by atoms with van der Waals surface area (Å²) in [6, 6.07) is 0.0923. The van der Waals surface area contributed by atoms with E-state index in [1.165, 1.54) is 0 Å². The van der Waals surface area contributed by atoms with Crippen LogP contribution in [0.1, 0.15) is 26.2 Å². The van der Waals surface area contributed by atoms with Gasteiger partial charge in [0.2, 0.25) is 0 Å². The molecule has 1 saturated carbocycles. The Bertz CT molecular complexity index is 257. The van der Waals surface area contributed by atoms with E-state index in [1.807, 2.05) is 6.92 Å². The number of urea groups is 1. The molecule has 5 heteroatoms. The second-order valence-corrected chi connectivity index (χ2v) is 4.48. The predicted molar refractivity (Wildman–Crippen MR) is 64.8 cm³/mol. The van der Waals surface area contributed by atoms with Crippen molar-refractivity contribution in [3.63, 3.8) is 0 Å². The van der Waals surface area contributed by atoms with Crippen molar-refractivity contribution >= 4 is 23.2 Å². The summed E-state index contributed by atoms with van der Waals surface area (Å²) in [6.07, 6.45) is 3.06. The molecule has 2 unspecified atom stereocenters. The standard InChI is InChI=1S/C10H19N3OS/c1-3-13(2)10(14)12-8-6-4-5-7(8)9(11)15/h7-8H,3-6H2,1-2H3,(H2,11,15)(H,12,14). The predicted octanol–water partition coefficient (Wildman–Crippen LogP) is 1.10. The van der Waals surface area contributed by atoms with Crippen molar-refractivity contribution in [1.82, 2.24) is 10.2 Å². The van der Waals surface area contributed by atoms with E-state index in [0.717, 1.165) is 19.3 Å². The molecular formula is C10H19N3OS. The largest absolute Gasteiger partial charge is 0.393 e. The number of nitrogens with one attached hydrogen (secondary N) is 1. The molecule has 0 heterocycles. The fourth-order valence-electron chi connectivity index (χ4n) is 1.89. The van der Waals surface area contributed by atoms with E-state index in [9.17, 15) is 4.79 Å². The van der Waals surface area contributed by atoms with E-state index in [4.69, 9.17) is 18.0 Å². The normalized spacial score (nSPS) is 24.9. The second kappa shape index (κ2) is 5.30. The molecule has 0 aromatic carbocycles. The van der Waals surface area contributed by atoms with Crippen molar-refractivity contribution < 1.29 is 4.79 Å². The first-order valence-electron chi connectivity index (χ1n) is 5.37. The van der Waals surface area contributed by atoms with Crippen LogP contribution < -0.4 is 11.1 Å². The van der Waals surface area contributed by atoms with Crippen molar-refractivity contribution in [2.24, 2.45) is 11.7 Å². The van der Waals surface area contributed by atoms with Gasteiger partial charge in [0, 0.05) is 25.6 Å². The minimum atomic E-state index is -0.0364. The number of carbonyl (C=O) groups excluding carboxylic acids is 1. The van der Waals surface area contributed by atoms with E-state index in [-0.39, 0.29) is 18.0 Å². The van der Waals surface area contributed by atoms with Gasteiger partial charge < -0.3 is 16.0 Å². The van der Waals surface area contributed by atoms with Gasteiger partial charge >= 0.3 is 6.03 Å². The maximum Gasteiger partial charge on any atom is 0.317 e. The molecular weight excluding hydrogens is 210 g/mol. The summed E-state index contributed by atoms with van der Waals surface area (Å²) in [5.74, 6) is 0.175. The SMILES string of the molecule is CCN(C)C(=O)NC1CCCC1C(N)=S. The molecule has 1 aliphatic carbocycles. The first kappa shape index (κ1) is 12.2. The number of carbonyl (C=O) groups is 1. The van der Waals surface area contributed by atoms with Gasteiger partial charge in [0.15, 0.2) is 0 Å². The highest BCUT2D eigenvalue weighted by molar-refractivity contribution is 7.80. The molecule has 0 aromatic rings. The number of thiocarbonyl (C=S) groups is 1. The second-order valence-electron chi connectivity index (χ2n) is 4.01. The Hall–Kier alpha value is -0.840. The van der Waals surface area contributed by atoms with E-state index in [0.29, 0.717) is 11.5 Å². The summed E-state index contributed by atoms with van der Waals surface area (Å²) in [7, 11) is 1.78. The van der Waals surface area contributed by atoms with Crippen LogP contribution in [0.15, 0.2) is 0 Å². The van der Waals surface area contributed by atoms with Gasteiger partial charge in [-0.05, 0) is 19.8 Å². The summed E-state index contributed by atoms with van der Waals surface area (Å²) in [5.41, 5.74) is 5.64. The van der Waals surface area contributed by atoms with Crippen LogP contribution in [0.25, 0.3) is 0 Å². The molecule has 2 atom stereocenters. The zero-order chi connectivity index (χ0) is 11.4. The van der Waals surface area contributed by atoms with E-state index < -0.39 is 0 Å². The van der Waals surface area contributed by atoms with Gasteiger partial charge in [0.05, 0.1) is 4.99 Å². The summed E-state index contributed by atoms with van der Waals surface area (Å²) >= 11 is 4.99. The van der Waals surface area contributed by atoms with Crippen molar-refractivity contribution in [3.05, 3.63) is 0 Å². The summed E-state index contributed by atoms with van der Waals surface area (Å²) in [4.78, 5) is 13.8. The summed E-state index contributed by atoms with van der Waals surface area (Å²) < 4.78 is 0. The van der Waals surface area contributed by atoms with Crippen molar-refractivity contribution in [3.8, 4) is 0 Å². The highest BCUT2D eigenvalue weighted by Crippen LogP contribution is 2.25. The van der Waals surface area contributed by atoms with Crippen LogP contribution in [0, 0.1) is 5.92 Å². The summed E-state index contributed by atoms with van der Waals surface area (Å²) in [6.45, 7) is 2.65. The highest BCUT2D eigenvalue weighted by atomic mass is 32.1. The molecule has 1 rings (SSSR count). The third kappa shape index (κ3) is 3.06. The number of rotatable bonds is 3. The minimum Gasteiger partial charge on any atom is -0.393 e. The number of hydrogen-bond acceptors (Lipinski definition) is 2. The van der Waals surface area contributed by atoms with Gasteiger partial charge in [-0.25, -0.2) is 4.79 Å². The molecule has 0 aromatic heterocycles. The van der Waals surface area contributed by atoms with E-state index >= 15 is 0 Å². The molecule has 15 heavy (non-hydrogen) atoms. The fourth-order valence-corrected chi connectivity index (χ4v) is 2.17. The number of nitrogens with two attached hydrogens (primary N) is 1. The maximum absolute atomic E-state index is 11.6. The van der Waals surface area contributed by atoms with Gasteiger partial charge in [0.25, 0.3) is 0 Å². The van der Waals surface area contributed by atoms with Gasteiger partial charge in [-0.2, -0.15) is 0 Å². The Labute approximate surface area is 96.2 Å². The Morgan fingerprint density at radius 1 is 1.60 bits per heavy atom. The zero-order valence-electron chi connectivity index (χ0n) is 9.32. The molecule has 1 aliphatic rings. The fraction of sp³-hybridized carbons (Fsp3) is 0.800. The Balaban J connectivity index is 2.50. The molecule has 3 N–H and O–H groups in total. The van der Waals surface area contributed by atoms with Crippen LogP contribution in [0.3, 0.4) is 0 Å². The van der Waals surface area contributed by atoms with Crippen molar-refractivity contribution in [1.29, 1.82) is 0 Å². The molecule has 0 bridgehead atoms. The maximum atomic E-state index is 11.6. The lowest BCUT2D eigenvalue weighted by atomic mass is 10.0. The van der Waals surface area contributed by atoms with Crippen LogP contribution in [0.5, 0.6) is 0 Å². The Morgan fingerprint density at radius 3 is 2.80 bits per heavy atom. The number of nitrogens with zero attached hydrogens (tertiary/aromatic N) is 1. The van der Waals surface area contributed by atoms with Gasteiger partial charge in [-0.1, -0.05) is 18.6 Å². The number of amides is 2. The van der Waals surface area contributed by atoms with Crippen LogP contribution >= 0.6 is 12.2 Å². The highest BCUT2D eigenvalue weighted by Gasteiger charge is 2.30. The van der Waals surface area contributed by atoms with Crippen molar-refractivity contribution in [2.75, 3.05) is 13.6 Å². The van der Waals surface area contributed by atoms with E-state index in [2.05, 4.69) is 5.32 Å². The van der Waals surface area contributed by atoms with Crippen LogP contribution in [-0.4, -0.2) is 35.6 Å². The molecule has 0 radical (unpaired) electrons. The Morgan fingerprint density at radius 2 is 2.27 bits per heavy atom.